The molecule has 0 unspecified atom stereocenters. The van der Waals surface area contributed by atoms with E-state index in [1.165, 1.54) is 0 Å². The third-order valence-electron chi connectivity index (χ3n) is 3.78. The van der Waals surface area contributed by atoms with Crippen molar-refractivity contribution in [3.8, 4) is 28.5 Å². The maximum absolute atomic E-state index is 5.86. The maximum atomic E-state index is 5.86. The lowest BCUT2D eigenvalue weighted by Crippen LogP contribution is -2.15. The minimum atomic E-state index is 0.492. The van der Waals surface area contributed by atoms with Crippen LogP contribution in [0.2, 0.25) is 0 Å². The summed E-state index contributed by atoms with van der Waals surface area (Å²) in [5.74, 6) is 2.42. The van der Waals surface area contributed by atoms with Crippen LogP contribution in [-0.4, -0.2) is 18.2 Å². The Morgan fingerprint density at radius 3 is 2.58 bits per heavy atom. The van der Waals surface area contributed by atoms with E-state index in [1.807, 2.05) is 49.4 Å². The Kier molecular flexibility index (Phi) is 4.09. The van der Waals surface area contributed by atoms with Gasteiger partial charge in [-0.1, -0.05) is 6.07 Å². The van der Waals surface area contributed by atoms with Crippen molar-refractivity contribution in [3.05, 3.63) is 58.4 Å². The molecule has 4 rings (SSSR count). The molecule has 24 heavy (non-hydrogen) atoms. The molecule has 1 aliphatic rings. The zero-order valence-electron chi connectivity index (χ0n) is 13.3. The van der Waals surface area contributed by atoms with Gasteiger partial charge in [0.25, 0.3) is 0 Å². The second-order valence-electron chi connectivity index (χ2n) is 5.54. The molecule has 0 saturated carbocycles. The Bertz CT molecular complexity index is 842. The van der Waals surface area contributed by atoms with Gasteiger partial charge in [0.05, 0.1) is 10.7 Å². The lowest BCUT2D eigenvalue weighted by Gasteiger charge is -2.19. The highest BCUT2D eigenvalue weighted by atomic mass is 32.1. The molecule has 2 heterocycles. The molecular weight excluding hydrogens is 322 g/mol. The molecule has 0 atom stereocenters. The van der Waals surface area contributed by atoms with Crippen molar-refractivity contribution in [1.29, 1.82) is 0 Å². The van der Waals surface area contributed by atoms with Crippen molar-refractivity contribution < 1.29 is 14.2 Å². The minimum Gasteiger partial charge on any atom is -0.489 e. The van der Waals surface area contributed by atoms with E-state index < -0.39 is 0 Å². The number of rotatable bonds is 4. The predicted octanol–water partition coefficient (Wildman–Crippen LogP) is 4.47. The summed E-state index contributed by atoms with van der Waals surface area (Å²) in [4.78, 5) is 4.50. The molecule has 122 valence electrons. The zero-order valence-corrected chi connectivity index (χ0v) is 14.1. The summed E-state index contributed by atoms with van der Waals surface area (Å²) in [7, 11) is 0. The van der Waals surface area contributed by atoms with E-state index in [-0.39, 0.29) is 0 Å². The van der Waals surface area contributed by atoms with E-state index >= 15 is 0 Å². The lowest BCUT2D eigenvalue weighted by atomic mass is 10.1. The summed E-state index contributed by atoms with van der Waals surface area (Å²) in [6, 6.07) is 13.9. The number of aromatic nitrogens is 1. The van der Waals surface area contributed by atoms with Gasteiger partial charge in [-0.05, 0) is 48.9 Å². The smallest absolute Gasteiger partial charge is 0.161 e. The van der Waals surface area contributed by atoms with Crippen LogP contribution in [0.4, 0.5) is 0 Å². The molecule has 1 aromatic heterocycles. The molecule has 0 bridgehead atoms. The number of fused-ring (bicyclic) bond motifs is 1. The maximum Gasteiger partial charge on any atom is 0.161 e. The molecule has 0 saturated heterocycles. The lowest BCUT2D eigenvalue weighted by molar-refractivity contribution is 0.171. The average Bonchev–Trinajstić information content (AvgIpc) is 3.07. The topological polar surface area (TPSA) is 40.6 Å². The molecule has 0 fully saturated rings. The van der Waals surface area contributed by atoms with Gasteiger partial charge < -0.3 is 14.2 Å². The Morgan fingerprint density at radius 2 is 1.83 bits per heavy atom. The van der Waals surface area contributed by atoms with Gasteiger partial charge in [-0.25, -0.2) is 4.98 Å². The van der Waals surface area contributed by atoms with Gasteiger partial charge in [-0.15, -0.1) is 11.3 Å². The number of ether oxygens (including phenoxy) is 3. The summed E-state index contributed by atoms with van der Waals surface area (Å²) in [6.45, 7) is 3.70. The fourth-order valence-corrected chi connectivity index (χ4v) is 3.18. The summed E-state index contributed by atoms with van der Waals surface area (Å²) in [5, 5.41) is 3.14. The highest BCUT2D eigenvalue weighted by Gasteiger charge is 2.11. The van der Waals surface area contributed by atoms with Crippen LogP contribution >= 0.6 is 11.3 Å². The molecule has 3 aromatic rings. The van der Waals surface area contributed by atoms with E-state index in [0.717, 1.165) is 39.1 Å². The number of aryl methyl sites for hydroxylation is 1. The summed E-state index contributed by atoms with van der Waals surface area (Å²) < 4.78 is 17.0. The van der Waals surface area contributed by atoms with E-state index in [2.05, 4.69) is 10.4 Å². The minimum absolute atomic E-state index is 0.492. The van der Waals surface area contributed by atoms with Crippen LogP contribution in [0.5, 0.6) is 17.2 Å². The number of hydrogen-bond donors (Lipinski definition) is 0. The van der Waals surface area contributed by atoms with Crippen molar-refractivity contribution in [2.24, 2.45) is 0 Å². The largest absolute Gasteiger partial charge is 0.489 e. The van der Waals surface area contributed by atoms with Crippen molar-refractivity contribution in [2.45, 2.75) is 13.5 Å². The van der Waals surface area contributed by atoms with Gasteiger partial charge in [0, 0.05) is 10.9 Å². The van der Waals surface area contributed by atoms with Crippen molar-refractivity contribution in [2.75, 3.05) is 13.2 Å². The molecule has 2 aromatic carbocycles. The van der Waals surface area contributed by atoms with Crippen LogP contribution in [0.25, 0.3) is 11.3 Å². The van der Waals surface area contributed by atoms with Crippen LogP contribution in [0.3, 0.4) is 0 Å². The fraction of sp³-hybridized carbons (Fsp3) is 0.211. The van der Waals surface area contributed by atoms with E-state index in [4.69, 9.17) is 14.2 Å². The number of benzene rings is 2. The van der Waals surface area contributed by atoms with Crippen LogP contribution in [-0.2, 0) is 6.61 Å². The first kappa shape index (κ1) is 15.0. The highest BCUT2D eigenvalue weighted by molar-refractivity contribution is 7.09. The number of hydrogen-bond acceptors (Lipinski definition) is 5. The van der Waals surface area contributed by atoms with Crippen LogP contribution in [0, 0.1) is 6.92 Å². The third-order valence-corrected chi connectivity index (χ3v) is 4.55. The second-order valence-corrected chi connectivity index (χ2v) is 6.61. The van der Waals surface area contributed by atoms with Crippen molar-refractivity contribution >= 4 is 11.3 Å². The van der Waals surface area contributed by atoms with Crippen molar-refractivity contribution in [1.82, 2.24) is 4.98 Å². The molecule has 1 aliphatic heterocycles. The first-order chi connectivity index (χ1) is 11.8. The van der Waals surface area contributed by atoms with Crippen LogP contribution in [0.1, 0.15) is 10.6 Å². The highest BCUT2D eigenvalue weighted by Crippen LogP contribution is 2.31. The zero-order chi connectivity index (χ0) is 16.4. The first-order valence-electron chi connectivity index (χ1n) is 7.82. The Hall–Kier alpha value is -2.53. The number of nitrogens with zero attached hydrogens (tertiary/aromatic N) is 1. The monoisotopic (exact) mass is 339 g/mol. The van der Waals surface area contributed by atoms with Gasteiger partial charge in [0.1, 0.15) is 25.6 Å². The van der Waals surface area contributed by atoms with E-state index in [1.54, 1.807) is 11.3 Å². The summed E-state index contributed by atoms with van der Waals surface area (Å²) >= 11 is 1.66. The molecule has 5 heteroatoms. The fourth-order valence-electron chi connectivity index (χ4n) is 2.56. The normalized spacial score (nSPS) is 12.9. The Balaban J connectivity index is 1.42. The SMILES string of the molecule is Cc1nc(-c2ccc(OCc3ccc4c(c3)OCCO4)cc2)cs1. The van der Waals surface area contributed by atoms with Crippen LogP contribution in [0.15, 0.2) is 47.8 Å². The molecule has 4 nitrogen and oxygen atoms in total. The first-order valence-corrected chi connectivity index (χ1v) is 8.70. The van der Waals surface area contributed by atoms with Crippen molar-refractivity contribution in [3.63, 3.8) is 0 Å². The predicted molar refractivity (Wildman–Crippen MR) is 94.1 cm³/mol. The van der Waals surface area contributed by atoms with Crippen LogP contribution < -0.4 is 14.2 Å². The van der Waals surface area contributed by atoms with Gasteiger partial charge in [0.2, 0.25) is 0 Å². The molecule has 0 spiro atoms. The molecule has 0 N–H and O–H groups in total. The molecule has 0 aliphatic carbocycles. The number of thiazole rings is 1. The second kappa shape index (κ2) is 6.53. The van der Waals surface area contributed by atoms with Gasteiger partial charge in [-0.2, -0.15) is 0 Å². The van der Waals surface area contributed by atoms with E-state index in [9.17, 15) is 0 Å². The van der Waals surface area contributed by atoms with Gasteiger partial charge >= 0.3 is 0 Å². The average molecular weight is 339 g/mol. The Labute approximate surface area is 144 Å². The Morgan fingerprint density at radius 1 is 1.04 bits per heavy atom. The molecular formula is C19H17NO3S. The molecule has 0 radical (unpaired) electrons. The molecule has 0 amide bonds. The van der Waals surface area contributed by atoms with E-state index in [0.29, 0.717) is 19.8 Å². The summed E-state index contributed by atoms with van der Waals surface area (Å²) in [6.07, 6.45) is 0. The van der Waals surface area contributed by atoms with Gasteiger partial charge in [0.15, 0.2) is 11.5 Å². The summed E-state index contributed by atoms with van der Waals surface area (Å²) in [5.41, 5.74) is 3.17. The van der Waals surface area contributed by atoms with Gasteiger partial charge in [-0.3, -0.25) is 0 Å². The quantitative estimate of drug-likeness (QED) is 0.703. The standard InChI is InChI=1S/C19H17NO3S/c1-13-20-17(12-24-13)15-3-5-16(6-4-15)23-11-14-2-7-18-19(10-14)22-9-8-21-18/h2-7,10,12H,8-9,11H2,1H3. The third kappa shape index (κ3) is 3.21.